The fourth-order valence-corrected chi connectivity index (χ4v) is 9.51. The second kappa shape index (κ2) is 23.1. The van der Waals surface area contributed by atoms with Gasteiger partial charge in [-0.3, -0.25) is 24.1 Å². The number of benzene rings is 2. The molecule has 4 aromatic rings. The van der Waals surface area contributed by atoms with Gasteiger partial charge in [-0.25, -0.2) is 18.7 Å². The van der Waals surface area contributed by atoms with Crippen molar-refractivity contribution in [1.29, 1.82) is 5.26 Å². The highest BCUT2D eigenvalue weighted by Gasteiger charge is 2.52. The van der Waals surface area contributed by atoms with Crippen LogP contribution in [0.15, 0.2) is 54.2 Å². The summed E-state index contributed by atoms with van der Waals surface area (Å²) in [6, 6.07) is 9.66. The number of hydrogen-bond donors (Lipinski definition) is 3. The van der Waals surface area contributed by atoms with Crippen molar-refractivity contribution >= 4 is 63.7 Å². The molecule has 16 nitrogen and oxygen atoms in total. The molecule has 2 aromatic carbocycles. The zero-order chi connectivity index (χ0) is 52.7. The second-order valence-corrected chi connectivity index (χ2v) is 20.0. The molecular formula is C49H55F5N8O8S2. The summed E-state index contributed by atoms with van der Waals surface area (Å²) in [5.41, 5.74) is -1.46. The minimum Gasteiger partial charge on any atom is -0.476 e. The number of pyridine rings is 1. The third-order valence-corrected chi connectivity index (χ3v) is 13.3. The van der Waals surface area contributed by atoms with E-state index in [-0.39, 0.29) is 50.9 Å². The topological polar surface area (TPSA) is 200 Å². The highest BCUT2D eigenvalue weighted by molar-refractivity contribution is 7.81. The highest BCUT2D eigenvalue weighted by atomic mass is 32.1. The number of thiazole rings is 1. The predicted molar refractivity (Wildman–Crippen MR) is 260 cm³/mol. The first kappa shape index (κ1) is 55.1. The lowest BCUT2D eigenvalue weighted by Gasteiger charge is -2.35. The van der Waals surface area contributed by atoms with Crippen molar-refractivity contribution in [3.05, 3.63) is 88.2 Å². The number of rotatable bonds is 20. The molecule has 2 fully saturated rings. The SMILES string of the molecule is Cc1ncsc1-c1ccc(CNC(=O)[C@@H]2C[C@@H](O)CN2C(=O)[C@@H](NC(=O)COCCCOCCCCOc2ncc(N3C(=S)N(c4ccc(C#N)c(C(F)(F)F)c4F)C(=O)C3(C)C)cc2F)C(C)(C)C)cc1. The number of aliphatic hydroxyl groups excluding tert-OH is 1. The van der Waals surface area contributed by atoms with Gasteiger partial charge in [0.1, 0.15) is 29.8 Å². The zero-order valence-corrected chi connectivity index (χ0v) is 42.0. The molecule has 4 amide bonds. The van der Waals surface area contributed by atoms with Crippen LogP contribution >= 0.6 is 23.6 Å². The first-order valence-electron chi connectivity index (χ1n) is 22.9. The molecule has 2 aliphatic rings. The van der Waals surface area contributed by atoms with E-state index < -0.39 is 92.5 Å². The number of thiocarbonyl (C=S) groups is 1. The summed E-state index contributed by atoms with van der Waals surface area (Å²) in [6.07, 6.45) is -3.53. The maximum absolute atomic E-state index is 15.4. The van der Waals surface area contributed by atoms with E-state index in [0.717, 1.165) is 51.0 Å². The molecule has 72 heavy (non-hydrogen) atoms. The van der Waals surface area contributed by atoms with Gasteiger partial charge in [-0.05, 0) is 80.9 Å². The van der Waals surface area contributed by atoms with E-state index in [0.29, 0.717) is 37.4 Å². The van der Waals surface area contributed by atoms with Gasteiger partial charge in [0.2, 0.25) is 17.7 Å². The molecule has 0 spiro atoms. The molecule has 0 radical (unpaired) electrons. The minimum absolute atomic E-state index is 0.0503. The summed E-state index contributed by atoms with van der Waals surface area (Å²) in [5, 5.41) is 24.9. The largest absolute Gasteiger partial charge is 0.476 e. The van der Waals surface area contributed by atoms with Crippen molar-refractivity contribution in [3.63, 3.8) is 0 Å². The molecule has 0 bridgehead atoms. The fraction of sp³-hybridized carbons (Fsp3) is 0.469. The number of anilines is 2. The van der Waals surface area contributed by atoms with Crippen molar-refractivity contribution in [2.24, 2.45) is 5.41 Å². The summed E-state index contributed by atoms with van der Waals surface area (Å²) < 4.78 is 88.5. The van der Waals surface area contributed by atoms with E-state index in [1.165, 1.54) is 24.8 Å². The Hall–Kier alpha value is -6.19. The van der Waals surface area contributed by atoms with Crippen LogP contribution in [0.3, 0.4) is 0 Å². The number of carbonyl (C=O) groups excluding carboxylic acids is 4. The number of carbonyl (C=O) groups is 4. The molecule has 0 saturated carbocycles. The zero-order valence-electron chi connectivity index (χ0n) is 40.4. The Balaban J connectivity index is 0.886. The number of aliphatic hydroxyl groups is 1. The van der Waals surface area contributed by atoms with Gasteiger partial charge in [0.25, 0.3) is 11.8 Å². The molecule has 0 aliphatic carbocycles. The predicted octanol–water partition coefficient (Wildman–Crippen LogP) is 6.99. The number of nitrogens with one attached hydrogen (secondary N) is 2. The molecule has 6 rings (SSSR count). The maximum Gasteiger partial charge on any atom is 0.420 e. The fourth-order valence-electron chi connectivity index (χ4n) is 8.18. The number of amides is 4. The molecule has 2 saturated heterocycles. The van der Waals surface area contributed by atoms with Gasteiger partial charge < -0.3 is 39.8 Å². The van der Waals surface area contributed by atoms with Gasteiger partial charge in [-0.15, -0.1) is 11.3 Å². The molecule has 386 valence electrons. The van der Waals surface area contributed by atoms with E-state index in [2.05, 4.69) is 20.6 Å². The third kappa shape index (κ3) is 12.7. The Morgan fingerprint density at radius 2 is 1.69 bits per heavy atom. The number of halogens is 5. The first-order valence-corrected chi connectivity index (χ1v) is 24.2. The molecular weight excluding hydrogens is 988 g/mol. The van der Waals surface area contributed by atoms with Crippen molar-refractivity contribution in [1.82, 2.24) is 25.5 Å². The van der Waals surface area contributed by atoms with E-state index in [4.69, 9.17) is 31.7 Å². The number of likely N-dealkylation sites (tertiary alicyclic amines) is 1. The number of nitrogens with zero attached hydrogens (tertiary/aromatic N) is 6. The van der Waals surface area contributed by atoms with E-state index in [1.54, 1.807) is 37.6 Å². The number of nitriles is 1. The van der Waals surface area contributed by atoms with Crippen LogP contribution in [-0.2, 0) is 41.4 Å². The van der Waals surface area contributed by atoms with Crippen LogP contribution in [0.1, 0.15) is 82.7 Å². The number of β-amino-alcohol motifs (C(OH)–C–C–N with tert-alkyl or cyclic N) is 1. The summed E-state index contributed by atoms with van der Waals surface area (Å²) in [7, 11) is 0. The molecule has 23 heteroatoms. The quantitative estimate of drug-likeness (QED) is 0.0466. The average molecular weight is 1040 g/mol. The first-order chi connectivity index (χ1) is 33.9. The molecule has 4 heterocycles. The van der Waals surface area contributed by atoms with Crippen LogP contribution in [0.4, 0.5) is 33.3 Å². The van der Waals surface area contributed by atoms with Crippen molar-refractivity contribution in [2.75, 3.05) is 49.4 Å². The number of aryl methyl sites for hydroxylation is 1. The van der Waals surface area contributed by atoms with Gasteiger partial charge >= 0.3 is 6.18 Å². The standard InChI is InChI=1S/C49H55F5N8O8S2/c1-28-40(72-27-58-28)30-12-10-29(11-13-30)23-56-42(65)36-21-33(63)25-60(36)44(66)41(47(2,3)4)59-37(64)26-69-18-9-17-68-16-7-8-19-70-43-34(50)20-32(24-57-43)62-46(71)61(45(67)48(62,5)6)35-15-14-31(22-55)38(39(35)51)49(52,53)54/h10-15,20,24,27,33,36,41,63H,7-9,16-19,21,23,25-26H2,1-6H3,(H,56,65)(H,59,64)/t33-,36+,41-/m1/s1. The number of ether oxygens (including phenoxy) is 3. The van der Waals surface area contributed by atoms with Gasteiger partial charge in [0, 0.05) is 45.4 Å². The van der Waals surface area contributed by atoms with Crippen LogP contribution in [0.2, 0.25) is 0 Å². The van der Waals surface area contributed by atoms with Crippen LogP contribution in [0.5, 0.6) is 5.88 Å². The Bertz CT molecular complexity index is 2690. The summed E-state index contributed by atoms with van der Waals surface area (Å²) in [4.78, 5) is 66.2. The molecule has 2 aromatic heterocycles. The third-order valence-electron chi connectivity index (χ3n) is 11.9. The van der Waals surface area contributed by atoms with E-state index >= 15 is 8.78 Å². The van der Waals surface area contributed by atoms with Gasteiger partial charge in [0.05, 0.1) is 58.0 Å². The smallest absolute Gasteiger partial charge is 0.420 e. The lowest BCUT2D eigenvalue weighted by Crippen LogP contribution is -2.58. The molecule has 0 unspecified atom stereocenters. The van der Waals surface area contributed by atoms with Gasteiger partial charge in [-0.1, -0.05) is 45.0 Å². The number of alkyl halides is 3. The summed E-state index contributed by atoms with van der Waals surface area (Å²) in [6.45, 7) is 10.7. The summed E-state index contributed by atoms with van der Waals surface area (Å²) in [5.74, 6) is -5.49. The summed E-state index contributed by atoms with van der Waals surface area (Å²) >= 11 is 6.95. The van der Waals surface area contributed by atoms with Crippen LogP contribution in [-0.4, -0.2) is 112 Å². The van der Waals surface area contributed by atoms with Gasteiger partial charge in [-0.2, -0.15) is 18.4 Å². The molecule has 2 aliphatic heterocycles. The number of hydrogen-bond acceptors (Lipinski definition) is 13. The lowest BCUT2D eigenvalue weighted by molar-refractivity contribution is -0.144. The van der Waals surface area contributed by atoms with E-state index in [9.17, 15) is 37.5 Å². The normalized spacial score (nSPS) is 17.3. The Morgan fingerprint density at radius 3 is 2.33 bits per heavy atom. The Kier molecular flexibility index (Phi) is 17.7. The number of aromatic nitrogens is 2. The highest BCUT2D eigenvalue weighted by Crippen LogP contribution is 2.42. The van der Waals surface area contributed by atoms with Crippen LogP contribution < -0.4 is 25.2 Å². The Labute approximate surface area is 422 Å². The molecule has 3 N–H and O–H groups in total. The number of unbranched alkanes of at least 4 members (excludes halogenated alkanes) is 1. The second-order valence-electron chi connectivity index (χ2n) is 18.7. The van der Waals surface area contributed by atoms with Gasteiger partial charge in [0.15, 0.2) is 16.7 Å². The van der Waals surface area contributed by atoms with E-state index in [1.807, 2.05) is 31.2 Å². The van der Waals surface area contributed by atoms with Crippen molar-refractivity contribution in [2.45, 2.75) is 104 Å². The minimum atomic E-state index is -5.25. The average Bonchev–Trinajstić information content (AvgIpc) is 3.98. The monoisotopic (exact) mass is 1040 g/mol. The molecule has 3 atom stereocenters. The van der Waals surface area contributed by atoms with Crippen LogP contribution in [0.25, 0.3) is 10.4 Å². The Morgan fingerprint density at radius 1 is 1.01 bits per heavy atom. The van der Waals surface area contributed by atoms with Crippen LogP contribution in [0, 0.1) is 35.3 Å². The maximum atomic E-state index is 15.4. The van der Waals surface area contributed by atoms with Crippen molar-refractivity contribution < 1.29 is 60.4 Å². The lowest BCUT2D eigenvalue weighted by atomic mass is 9.85. The van der Waals surface area contributed by atoms with Crippen molar-refractivity contribution in [3.8, 4) is 22.4 Å².